The van der Waals surface area contributed by atoms with E-state index in [2.05, 4.69) is 0 Å². The van der Waals surface area contributed by atoms with Crippen LogP contribution in [0.25, 0.3) is 0 Å². The number of ether oxygens (including phenoxy) is 1. The normalized spacial score (nSPS) is 24.2. The van der Waals surface area contributed by atoms with Gasteiger partial charge in [-0.25, -0.2) is 4.79 Å². The third-order valence-corrected chi connectivity index (χ3v) is 5.83. The van der Waals surface area contributed by atoms with Gasteiger partial charge in [-0.05, 0) is 12.1 Å². The SMILES string of the molecule is O=C(OC[C@@H]1SCCS1=O)c1ccccc1. The molecule has 1 aliphatic rings. The number of rotatable bonds is 3. The summed E-state index contributed by atoms with van der Waals surface area (Å²) in [6.45, 7) is 0.241. The minimum atomic E-state index is -0.848. The van der Waals surface area contributed by atoms with Gasteiger partial charge >= 0.3 is 5.97 Å². The van der Waals surface area contributed by atoms with Crippen molar-refractivity contribution >= 4 is 28.5 Å². The molecule has 0 aromatic heterocycles. The van der Waals surface area contributed by atoms with Crippen molar-refractivity contribution in [3.63, 3.8) is 0 Å². The van der Waals surface area contributed by atoms with E-state index in [0.29, 0.717) is 11.3 Å². The number of hydrogen-bond acceptors (Lipinski definition) is 4. The topological polar surface area (TPSA) is 43.4 Å². The zero-order chi connectivity index (χ0) is 11.4. The molecule has 1 fully saturated rings. The molecule has 1 aromatic rings. The van der Waals surface area contributed by atoms with Crippen LogP contribution in [0, 0.1) is 0 Å². The Hall–Kier alpha value is -0.810. The first kappa shape index (κ1) is 11.7. The van der Waals surface area contributed by atoms with Gasteiger partial charge in [-0.3, -0.25) is 4.21 Å². The van der Waals surface area contributed by atoms with E-state index in [1.807, 2.05) is 6.07 Å². The Balaban J connectivity index is 1.87. The van der Waals surface area contributed by atoms with Crippen LogP contribution in [0.5, 0.6) is 0 Å². The molecule has 0 bridgehead atoms. The molecule has 2 atom stereocenters. The van der Waals surface area contributed by atoms with Crippen LogP contribution in [0.15, 0.2) is 30.3 Å². The molecule has 0 aliphatic carbocycles. The molecule has 1 aromatic carbocycles. The largest absolute Gasteiger partial charge is 0.460 e. The molecule has 1 unspecified atom stereocenters. The van der Waals surface area contributed by atoms with Crippen molar-refractivity contribution in [2.45, 2.75) is 4.58 Å². The van der Waals surface area contributed by atoms with E-state index in [1.54, 1.807) is 36.0 Å². The van der Waals surface area contributed by atoms with Crippen molar-refractivity contribution in [3.8, 4) is 0 Å². The van der Waals surface area contributed by atoms with Gasteiger partial charge in [0.15, 0.2) is 0 Å². The Labute approximate surface area is 101 Å². The third-order valence-electron chi connectivity index (χ3n) is 2.24. The summed E-state index contributed by atoms with van der Waals surface area (Å²) in [6.07, 6.45) is 0. The maximum absolute atomic E-state index is 11.6. The number of esters is 1. The molecule has 5 heteroatoms. The molecule has 0 amide bonds. The molecule has 0 saturated carbocycles. The van der Waals surface area contributed by atoms with Gasteiger partial charge in [-0.2, -0.15) is 0 Å². The average molecular weight is 256 g/mol. The lowest BCUT2D eigenvalue weighted by molar-refractivity contribution is 0.0523. The van der Waals surface area contributed by atoms with E-state index in [1.165, 1.54) is 0 Å². The molecule has 0 spiro atoms. The lowest BCUT2D eigenvalue weighted by Crippen LogP contribution is -2.17. The Morgan fingerprint density at radius 2 is 2.19 bits per heavy atom. The van der Waals surface area contributed by atoms with Crippen LogP contribution in [-0.4, -0.2) is 32.9 Å². The van der Waals surface area contributed by atoms with Crippen molar-refractivity contribution in [3.05, 3.63) is 35.9 Å². The summed E-state index contributed by atoms with van der Waals surface area (Å²) in [6, 6.07) is 8.85. The summed E-state index contributed by atoms with van der Waals surface area (Å²) >= 11 is 1.61. The minimum absolute atomic E-state index is 0.0485. The first-order valence-electron chi connectivity index (χ1n) is 4.98. The second-order valence-corrected chi connectivity index (χ2v) is 6.70. The Morgan fingerprint density at radius 3 is 2.81 bits per heavy atom. The zero-order valence-electron chi connectivity index (χ0n) is 8.63. The minimum Gasteiger partial charge on any atom is -0.460 e. The van der Waals surface area contributed by atoms with Crippen LogP contribution >= 0.6 is 11.8 Å². The molecule has 3 nitrogen and oxygen atoms in total. The highest BCUT2D eigenvalue weighted by atomic mass is 32.2. The average Bonchev–Trinajstić information content (AvgIpc) is 2.73. The summed E-state index contributed by atoms with van der Waals surface area (Å²) in [7, 11) is -0.848. The zero-order valence-corrected chi connectivity index (χ0v) is 10.3. The first-order valence-corrected chi connectivity index (χ1v) is 7.41. The van der Waals surface area contributed by atoms with E-state index >= 15 is 0 Å². The van der Waals surface area contributed by atoms with E-state index in [-0.39, 0.29) is 17.2 Å². The lowest BCUT2D eigenvalue weighted by Gasteiger charge is -2.08. The highest BCUT2D eigenvalue weighted by molar-refractivity contribution is 8.14. The molecule has 16 heavy (non-hydrogen) atoms. The number of benzene rings is 1. The maximum atomic E-state index is 11.6. The van der Waals surface area contributed by atoms with E-state index in [4.69, 9.17) is 4.74 Å². The highest BCUT2D eigenvalue weighted by Crippen LogP contribution is 2.23. The summed E-state index contributed by atoms with van der Waals surface area (Å²) in [4.78, 5) is 11.6. The van der Waals surface area contributed by atoms with Gasteiger partial charge in [-0.15, -0.1) is 11.8 Å². The summed E-state index contributed by atoms with van der Waals surface area (Å²) in [5.74, 6) is 1.25. The Morgan fingerprint density at radius 1 is 1.44 bits per heavy atom. The molecule has 86 valence electrons. The quantitative estimate of drug-likeness (QED) is 0.772. The van der Waals surface area contributed by atoms with Crippen molar-refractivity contribution in [1.29, 1.82) is 0 Å². The number of carbonyl (C=O) groups is 1. The van der Waals surface area contributed by atoms with E-state index in [9.17, 15) is 9.00 Å². The fourth-order valence-electron chi connectivity index (χ4n) is 1.39. The monoisotopic (exact) mass is 256 g/mol. The van der Waals surface area contributed by atoms with Crippen LogP contribution in [0.1, 0.15) is 10.4 Å². The van der Waals surface area contributed by atoms with Gasteiger partial charge in [0.2, 0.25) is 0 Å². The maximum Gasteiger partial charge on any atom is 0.338 e. The highest BCUT2D eigenvalue weighted by Gasteiger charge is 2.25. The van der Waals surface area contributed by atoms with E-state index < -0.39 is 10.8 Å². The standard InChI is InChI=1S/C11H12O3S2/c12-11(9-4-2-1-3-5-9)14-8-10-15-6-7-16(10)13/h1-5,10H,6-8H2/t10-,16?/m1/s1. The predicted molar refractivity (Wildman–Crippen MR) is 66.0 cm³/mol. The van der Waals surface area contributed by atoms with Crippen molar-refractivity contribution in [2.75, 3.05) is 18.1 Å². The molecule has 0 N–H and O–H groups in total. The Kier molecular flexibility index (Phi) is 4.01. The Bertz CT molecular complexity index is 391. The number of hydrogen-bond donors (Lipinski definition) is 0. The third kappa shape index (κ3) is 2.86. The molecule has 0 radical (unpaired) electrons. The van der Waals surface area contributed by atoms with Gasteiger partial charge < -0.3 is 4.74 Å². The van der Waals surface area contributed by atoms with Gasteiger partial charge in [0, 0.05) is 22.3 Å². The summed E-state index contributed by atoms with van der Waals surface area (Å²) in [5.41, 5.74) is 0.538. The van der Waals surface area contributed by atoms with E-state index in [0.717, 1.165) is 5.75 Å². The van der Waals surface area contributed by atoms with Crippen molar-refractivity contribution < 1.29 is 13.7 Å². The second-order valence-electron chi connectivity index (χ2n) is 3.35. The first-order chi connectivity index (χ1) is 7.77. The molecular formula is C11H12O3S2. The number of carbonyl (C=O) groups excluding carboxylic acids is 1. The molecule has 1 aliphatic heterocycles. The predicted octanol–water partition coefficient (Wildman–Crippen LogP) is 1.66. The number of thioether (sulfide) groups is 1. The smallest absolute Gasteiger partial charge is 0.338 e. The van der Waals surface area contributed by atoms with Gasteiger partial charge in [0.05, 0.1) is 5.56 Å². The van der Waals surface area contributed by atoms with Crippen LogP contribution in [0.4, 0.5) is 0 Å². The molecule has 1 heterocycles. The van der Waals surface area contributed by atoms with Gasteiger partial charge in [0.1, 0.15) is 11.2 Å². The summed E-state index contributed by atoms with van der Waals surface area (Å²) < 4.78 is 16.5. The molecule has 1 saturated heterocycles. The van der Waals surface area contributed by atoms with Gasteiger partial charge in [0.25, 0.3) is 0 Å². The van der Waals surface area contributed by atoms with Crippen LogP contribution in [0.2, 0.25) is 0 Å². The second kappa shape index (κ2) is 5.50. The molecular weight excluding hydrogens is 244 g/mol. The van der Waals surface area contributed by atoms with Crippen LogP contribution in [0.3, 0.4) is 0 Å². The van der Waals surface area contributed by atoms with Gasteiger partial charge in [-0.1, -0.05) is 18.2 Å². The van der Waals surface area contributed by atoms with Crippen molar-refractivity contribution in [1.82, 2.24) is 0 Å². The van der Waals surface area contributed by atoms with Crippen molar-refractivity contribution in [2.24, 2.45) is 0 Å². The van der Waals surface area contributed by atoms with Crippen LogP contribution < -0.4 is 0 Å². The van der Waals surface area contributed by atoms with Crippen LogP contribution in [-0.2, 0) is 15.5 Å². The lowest BCUT2D eigenvalue weighted by atomic mass is 10.2. The molecule has 2 rings (SSSR count). The summed E-state index contributed by atoms with van der Waals surface area (Å²) in [5, 5.41) is 0. The fraction of sp³-hybridized carbons (Fsp3) is 0.364. The fourth-order valence-corrected chi connectivity index (χ4v) is 4.53.